The van der Waals surface area contributed by atoms with Gasteiger partial charge in [-0.2, -0.15) is 0 Å². The molecule has 0 radical (unpaired) electrons. The third-order valence-electron chi connectivity index (χ3n) is 4.04. The highest BCUT2D eigenvalue weighted by Crippen LogP contribution is 2.13. The number of ether oxygens (including phenoxy) is 1. The van der Waals surface area contributed by atoms with Crippen molar-refractivity contribution in [3.8, 4) is 5.75 Å². The van der Waals surface area contributed by atoms with Gasteiger partial charge in [0.1, 0.15) is 11.6 Å². The van der Waals surface area contributed by atoms with Crippen LogP contribution >= 0.6 is 0 Å². The highest BCUT2D eigenvalue weighted by atomic mass is 19.1. The average Bonchev–Trinajstić information content (AvgIpc) is 2.55. The second-order valence-electron chi connectivity index (χ2n) is 6.00. The lowest BCUT2D eigenvalue weighted by atomic mass is 10.3. The molecule has 1 heterocycles. The summed E-state index contributed by atoms with van der Waals surface area (Å²) in [6, 6.07) is 5.67. The number of rotatable bonds is 7. The summed E-state index contributed by atoms with van der Waals surface area (Å²) >= 11 is 0. The van der Waals surface area contributed by atoms with E-state index in [1.54, 1.807) is 6.92 Å². The van der Waals surface area contributed by atoms with Gasteiger partial charge in [0.15, 0.2) is 6.10 Å². The normalized spacial score (nSPS) is 17.7. The fourth-order valence-electron chi connectivity index (χ4n) is 2.50. The molecule has 1 saturated heterocycles. The van der Waals surface area contributed by atoms with E-state index in [2.05, 4.69) is 22.2 Å². The maximum absolute atomic E-state index is 12.8. The Kier molecular flexibility index (Phi) is 6.80. The van der Waals surface area contributed by atoms with Gasteiger partial charge < -0.3 is 19.9 Å². The van der Waals surface area contributed by atoms with Gasteiger partial charge in [-0.1, -0.05) is 0 Å². The van der Waals surface area contributed by atoms with E-state index in [-0.39, 0.29) is 11.7 Å². The molecule has 0 unspecified atom stereocenters. The minimum absolute atomic E-state index is 0.146. The van der Waals surface area contributed by atoms with E-state index in [9.17, 15) is 9.18 Å². The molecule has 0 spiro atoms. The number of hydrogen-bond donors (Lipinski definition) is 1. The number of piperazine rings is 1. The average molecular weight is 323 g/mol. The van der Waals surface area contributed by atoms with Crippen LogP contribution < -0.4 is 10.1 Å². The molecule has 128 valence electrons. The van der Waals surface area contributed by atoms with Crippen molar-refractivity contribution in [3.63, 3.8) is 0 Å². The Labute approximate surface area is 137 Å². The summed E-state index contributed by atoms with van der Waals surface area (Å²) in [5.41, 5.74) is 0. The van der Waals surface area contributed by atoms with Gasteiger partial charge in [-0.05, 0) is 51.2 Å². The molecular formula is C17H26FN3O2. The number of carbonyl (C=O) groups excluding carboxylic acids is 1. The van der Waals surface area contributed by atoms with Gasteiger partial charge in [0.2, 0.25) is 0 Å². The number of hydrogen-bond acceptors (Lipinski definition) is 4. The van der Waals surface area contributed by atoms with Crippen LogP contribution in [-0.2, 0) is 4.79 Å². The smallest absolute Gasteiger partial charge is 0.260 e. The summed E-state index contributed by atoms with van der Waals surface area (Å²) in [6.45, 7) is 7.73. The summed E-state index contributed by atoms with van der Waals surface area (Å²) < 4.78 is 18.3. The minimum Gasteiger partial charge on any atom is -0.481 e. The van der Waals surface area contributed by atoms with Crippen LogP contribution in [0.4, 0.5) is 4.39 Å². The number of likely N-dealkylation sites (N-methyl/N-ethyl adjacent to an activating group) is 1. The van der Waals surface area contributed by atoms with Crippen LogP contribution in [0.1, 0.15) is 13.3 Å². The molecule has 6 heteroatoms. The monoisotopic (exact) mass is 323 g/mol. The van der Waals surface area contributed by atoms with E-state index in [1.165, 1.54) is 24.3 Å². The van der Waals surface area contributed by atoms with Gasteiger partial charge in [0.05, 0.1) is 0 Å². The Bertz CT molecular complexity index is 487. The highest BCUT2D eigenvalue weighted by Gasteiger charge is 2.15. The Balaban J connectivity index is 1.61. The fraction of sp³-hybridized carbons (Fsp3) is 0.588. The zero-order valence-electron chi connectivity index (χ0n) is 13.9. The van der Waals surface area contributed by atoms with Crippen LogP contribution in [0.2, 0.25) is 0 Å². The summed E-state index contributed by atoms with van der Waals surface area (Å²) in [5, 5.41) is 2.89. The molecule has 0 saturated carbocycles. The largest absolute Gasteiger partial charge is 0.481 e. The predicted octanol–water partition coefficient (Wildman–Crippen LogP) is 1.35. The van der Waals surface area contributed by atoms with Crippen molar-refractivity contribution in [2.45, 2.75) is 19.4 Å². The van der Waals surface area contributed by atoms with E-state index >= 15 is 0 Å². The highest BCUT2D eigenvalue weighted by molar-refractivity contribution is 5.80. The molecule has 0 bridgehead atoms. The molecule has 23 heavy (non-hydrogen) atoms. The second-order valence-corrected chi connectivity index (χ2v) is 6.00. The van der Waals surface area contributed by atoms with Crippen LogP contribution in [0.3, 0.4) is 0 Å². The van der Waals surface area contributed by atoms with E-state index in [4.69, 9.17) is 4.74 Å². The predicted molar refractivity (Wildman–Crippen MR) is 88.1 cm³/mol. The zero-order chi connectivity index (χ0) is 16.7. The lowest BCUT2D eigenvalue weighted by Gasteiger charge is -2.32. The molecule has 0 aromatic heterocycles. The molecule has 1 fully saturated rings. The molecule has 1 N–H and O–H groups in total. The van der Waals surface area contributed by atoms with Crippen LogP contribution in [0, 0.1) is 5.82 Å². The first-order chi connectivity index (χ1) is 11.0. The summed E-state index contributed by atoms with van der Waals surface area (Å²) in [5.74, 6) is 0.0255. The zero-order valence-corrected chi connectivity index (χ0v) is 13.9. The first kappa shape index (κ1) is 17.7. The third-order valence-corrected chi connectivity index (χ3v) is 4.04. The van der Waals surface area contributed by atoms with E-state index in [1.807, 2.05) is 0 Å². The van der Waals surface area contributed by atoms with Crippen molar-refractivity contribution in [1.82, 2.24) is 15.1 Å². The van der Waals surface area contributed by atoms with Gasteiger partial charge >= 0.3 is 0 Å². The maximum Gasteiger partial charge on any atom is 0.260 e. The molecule has 1 aromatic carbocycles. The van der Waals surface area contributed by atoms with Crippen LogP contribution in [0.15, 0.2) is 24.3 Å². The number of benzene rings is 1. The van der Waals surface area contributed by atoms with Crippen LogP contribution in [0.25, 0.3) is 0 Å². The van der Waals surface area contributed by atoms with Gasteiger partial charge in [-0.3, -0.25) is 4.79 Å². The third kappa shape index (κ3) is 6.15. The molecule has 1 amide bonds. The Hall–Kier alpha value is -1.66. The van der Waals surface area contributed by atoms with Gasteiger partial charge in [0.25, 0.3) is 5.91 Å². The van der Waals surface area contributed by atoms with Gasteiger partial charge in [-0.25, -0.2) is 4.39 Å². The lowest BCUT2D eigenvalue weighted by molar-refractivity contribution is -0.127. The summed E-state index contributed by atoms with van der Waals surface area (Å²) in [7, 11) is 2.14. The summed E-state index contributed by atoms with van der Waals surface area (Å²) in [6.07, 6.45) is 0.336. The van der Waals surface area contributed by atoms with Crippen molar-refractivity contribution in [2.75, 3.05) is 46.3 Å². The SMILES string of the molecule is C[C@@H](Oc1ccc(F)cc1)C(=O)NCCCN1CCN(C)CC1. The molecule has 1 atom stereocenters. The van der Waals surface area contributed by atoms with Crippen molar-refractivity contribution < 1.29 is 13.9 Å². The Morgan fingerprint density at radius 1 is 1.26 bits per heavy atom. The number of halogens is 1. The van der Waals surface area contributed by atoms with Gasteiger partial charge in [-0.15, -0.1) is 0 Å². The number of carbonyl (C=O) groups is 1. The van der Waals surface area contributed by atoms with Crippen molar-refractivity contribution in [2.24, 2.45) is 0 Å². The van der Waals surface area contributed by atoms with E-state index in [0.29, 0.717) is 12.3 Å². The van der Waals surface area contributed by atoms with E-state index < -0.39 is 6.10 Å². The number of nitrogens with one attached hydrogen (secondary N) is 1. The second kappa shape index (κ2) is 8.84. The Morgan fingerprint density at radius 3 is 2.57 bits per heavy atom. The standard InChI is InChI=1S/C17H26FN3O2/c1-14(23-16-6-4-15(18)5-7-16)17(22)19-8-3-9-21-12-10-20(2)11-13-21/h4-7,14H,3,8-13H2,1-2H3,(H,19,22)/t14-/m1/s1. The maximum atomic E-state index is 12.8. The molecular weight excluding hydrogens is 297 g/mol. The molecule has 5 nitrogen and oxygen atoms in total. The number of amides is 1. The minimum atomic E-state index is -0.593. The van der Waals surface area contributed by atoms with Crippen molar-refractivity contribution in [3.05, 3.63) is 30.1 Å². The molecule has 2 rings (SSSR count). The molecule has 1 aliphatic rings. The first-order valence-electron chi connectivity index (χ1n) is 8.15. The lowest BCUT2D eigenvalue weighted by Crippen LogP contribution is -2.45. The van der Waals surface area contributed by atoms with Crippen LogP contribution in [-0.4, -0.2) is 68.1 Å². The van der Waals surface area contributed by atoms with Crippen molar-refractivity contribution >= 4 is 5.91 Å². The van der Waals surface area contributed by atoms with Gasteiger partial charge in [0, 0.05) is 32.7 Å². The summed E-state index contributed by atoms with van der Waals surface area (Å²) in [4.78, 5) is 16.7. The first-order valence-corrected chi connectivity index (χ1v) is 8.15. The molecule has 0 aliphatic carbocycles. The quantitative estimate of drug-likeness (QED) is 0.770. The molecule has 1 aromatic rings. The van der Waals surface area contributed by atoms with E-state index in [0.717, 1.165) is 39.1 Å². The van der Waals surface area contributed by atoms with Crippen LogP contribution in [0.5, 0.6) is 5.75 Å². The Morgan fingerprint density at radius 2 is 1.91 bits per heavy atom. The van der Waals surface area contributed by atoms with Crippen molar-refractivity contribution in [1.29, 1.82) is 0 Å². The molecule has 1 aliphatic heterocycles. The fourth-order valence-corrected chi connectivity index (χ4v) is 2.50. The topological polar surface area (TPSA) is 44.8 Å². The number of nitrogens with zero attached hydrogens (tertiary/aromatic N) is 2.